The molecule has 4 nitrogen and oxygen atoms in total. The molecule has 1 N–H and O–H groups in total. The normalized spacial score (nSPS) is 10.9. The number of halogens is 1. The Bertz CT molecular complexity index is 548. The third-order valence-corrected chi connectivity index (χ3v) is 3.41. The highest BCUT2D eigenvalue weighted by Crippen LogP contribution is 2.16. The molecule has 0 saturated carbocycles. The molecule has 2 aromatic rings. The van der Waals surface area contributed by atoms with Gasteiger partial charge in [0.1, 0.15) is 0 Å². The summed E-state index contributed by atoms with van der Waals surface area (Å²) in [7, 11) is 1.95. The SMILES string of the molecule is CNCc1c(C)nn(Cc2cncc(Br)c2)c1C. The first kappa shape index (κ1) is 13.2. The largest absolute Gasteiger partial charge is 0.316 e. The molecule has 96 valence electrons. The minimum absolute atomic E-state index is 0.753. The lowest BCUT2D eigenvalue weighted by Gasteiger charge is -2.05. The van der Waals surface area contributed by atoms with Crippen molar-refractivity contribution in [3.8, 4) is 0 Å². The van der Waals surface area contributed by atoms with Crippen LogP contribution in [0.2, 0.25) is 0 Å². The lowest BCUT2D eigenvalue weighted by atomic mass is 10.2. The first-order chi connectivity index (χ1) is 8.61. The number of aryl methyl sites for hydroxylation is 1. The maximum Gasteiger partial charge on any atom is 0.0678 e. The predicted octanol–water partition coefficient (Wildman–Crippen LogP) is 2.43. The summed E-state index contributed by atoms with van der Waals surface area (Å²) in [6.07, 6.45) is 3.66. The van der Waals surface area contributed by atoms with E-state index < -0.39 is 0 Å². The third kappa shape index (κ3) is 2.79. The van der Waals surface area contributed by atoms with Crippen molar-refractivity contribution < 1.29 is 0 Å². The van der Waals surface area contributed by atoms with Crippen molar-refractivity contribution in [2.45, 2.75) is 26.9 Å². The van der Waals surface area contributed by atoms with Crippen LogP contribution in [0.1, 0.15) is 22.5 Å². The number of nitrogens with one attached hydrogen (secondary N) is 1. The maximum atomic E-state index is 4.59. The molecule has 0 atom stereocenters. The molecule has 0 radical (unpaired) electrons. The van der Waals surface area contributed by atoms with E-state index >= 15 is 0 Å². The number of pyridine rings is 1. The van der Waals surface area contributed by atoms with Crippen molar-refractivity contribution in [2.24, 2.45) is 0 Å². The molecule has 0 aliphatic carbocycles. The zero-order chi connectivity index (χ0) is 13.1. The van der Waals surface area contributed by atoms with Gasteiger partial charge >= 0.3 is 0 Å². The van der Waals surface area contributed by atoms with E-state index in [0.29, 0.717) is 0 Å². The van der Waals surface area contributed by atoms with Gasteiger partial charge in [0.05, 0.1) is 12.2 Å². The van der Waals surface area contributed by atoms with E-state index in [1.54, 1.807) is 6.20 Å². The van der Waals surface area contributed by atoms with Crippen LogP contribution in [-0.2, 0) is 13.1 Å². The molecular weight excluding hydrogens is 292 g/mol. The van der Waals surface area contributed by atoms with Crippen molar-refractivity contribution in [2.75, 3.05) is 7.05 Å². The maximum absolute atomic E-state index is 4.59. The summed E-state index contributed by atoms with van der Waals surface area (Å²) >= 11 is 3.44. The van der Waals surface area contributed by atoms with Crippen LogP contribution in [-0.4, -0.2) is 21.8 Å². The Morgan fingerprint density at radius 2 is 2.11 bits per heavy atom. The Balaban J connectivity index is 2.27. The second-order valence-corrected chi connectivity index (χ2v) is 5.26. The molecule has 0 aromatic carbocycles. The van der Waals surface area contributed by atoms with Crippen LogP contribution in [0.25, 0.3) is 0 Å². The van der Waals surface area contributed by atoms with Crippen LogP contribution < -0.4 is 5.32 Å². The molecule has 2 aromatic heterocycles. The fraction of sp³-hybridized carbons (Fsp3) is 0.385. The number of hydrogen-bond donors (Lipinski definition) is 1. The first-order valence-corrected chi connectivity index (χ1v) is 6.68. The van der Waals surface area contributed by atoms with Gasteiger partial charge in [-0.05, 0) is 48.5 Å². The van der Waals surface area contributed by atoms with E-state index in [0.717, 1.165) is 28.8 Å². The lowest BCUT2D eigenvalue weighted by Crippen LogP contribution is -2.08. The average molecular weight is 309 g/mol. The molecule has 0 spiro atoms. The highest BCUT2D eigenvalue weighted by molar-refractivity contribution is 9.10. The van der Waals surface area contributed by atoms with E-state index in [1.165, 1.54) is 11.3 Å². The van der Waals surface area contributed by atoms with Gasteiger partial charge in [-0.2, -0.15) is 5.10 Å². The minimum atomic E-state index is 0.753. The summed E-state index contributed by atoms with van der Waals surface area (Å²) < 4.78 is 3.03. The summed E-state index contributed by atoms with van der Waals surface area (Å²) in [5, 5.41) is 7.77. The predicted molar refractivity (Wildman–Crippen MR) is 75.5 cm³/mol. The Labute approximate surface area is 116 Å². The van der Waals surface area contributed by atoms with Crippen LogP contribution in [0.5, 0.6) is 0 Å². The Morgan fingerprint density at radius 3 is 2.78 bits per heavy atom. The molecule has 2 heterocycles. The van der Waals surface area contributed by atoms with E-state index in [4.69, 9.17) is 0 Å². The van der Waals surface area contributed by atoms with Crippen molar-refractivity contribution in [3.05, 3.63) is 45.4 Å². The number of hydrogen-bond acceptors (Lipinski definition) is 3. The van der Waals surface area contributed by atoms with Crippen LogP contribution in [0.4, 0.5) is 0 Å². The summed E-state index contributed by atoms with van der Waals surface area (Å²) in [6, 6.07) is 2.07. The van der Waals surface area contributed by atoms with E-state index in [-0.39, 0.29) is 0 Å². The van der Waals surface area contributed by atoms with Gasteiger partial charge in [0.25, 0.3) is 0 Å². The number of aromatic nitrogens is 3. The van der Waals surface area contributed by atoms with Gasteiger partial charge in [-0.15, -0.1) is 0 Å². The minimum Gasteiger partial charge on any atom is -0.316 e. The molecule has 0 fully saturated rings. The van der Waals surface area contributed by atoms with Crippen LogP contribution in [0, 0.1) is 13.8 Å². The average Bonchev–Trinajstić information content (AvgIpc) is 2.57. The summed E-state index contributed by atoms with van der Waals surface area (Å²) in [4.78, 5) is 4.18. The quantitative estimate of drug-likeness (QED) is 0.943. The van der Waals surface area contributed by atoms with Crippen LogP contribution in [0.3, 0.4) is 0 Å². The van der Waals surface area contributed by atoms with E-state index in [2.05, 4.69) is 51.2 Å². The topological polar surface area (TPSA) is 42.7 Å². The van der Waals surface area contributed by atoms with Gasteiger partial charge in [-0.3, -0.25) is 9.67 Å². The van der Waals surface area contributed by atoms with E-state index in [1.807, 2.05) is 17.9 Å². The summed E-state index contributed by atoms with van der Waals surface area (Å²) in [5.41, 5.74) is 4.72. The van der Waals surface area contributed by atoms with Crippen molar-refractivity contribution in [1.82, 2.24) is 20.1 Å². The van der Waals surface area contributed by atoms with Crippen LogP contribution in [0.15, 0.2) is 22.9 Å². The van der Waals surface area contributed by atoms with Gasteiger partial charge in [-0.1, -0.05) is 0 Å². The fourth-order valence-corrected chi connectivity index (χ4v) is 2.45. The molecule has 0 aliphatic heterocycles. The van der Waals surface area contributed by atoms with Gasteiger partial charge in [-0.25, -0.2) is 0 Å². The highest BCUT2D eigenvalue weighted by Gasteiger charge is 2.10. The lowest BCUT2D eigenvalue weighted by molar-refractivity contribution is 0.655. The van der Waals surface area contributed by atoms with E-state index in [9.17, 15) is 0 Å². The van der Waals surface area contributed by atoms with Crippen molar-refractivity contribution >= 4 is 15.9 Å². The molecule has 0 amide bonds. The second-order valence-electron chi connectivity index (χ2n) is 4.35. The Hall–Kier alpha value is -1.20. The van der Waals surface area contributed by atoms with Crippen molar-refractivity contribution in [1.29, 1.82) is 0 Å². The van der Waals surface area contributed by atoms with Crippen molar-refractivity contribution in [3.63, 3.8) is 0 Å². The standard InChI is InChI=1S/C13H17BrN4/c1-9-13(7-15-3)10(2)18(17-9)8-11-4-12(14)6-16-5-11/h4-6,15H,7-8H2,1-3H3. The monoisotopic (exact) mass is 308 g/mol. The Morgan fingerprint density at radius 1 is 1.33 bits per heavy atom. The molecular formula is C13H17BrN4. The Kier molecular flexibility index (Phi) is 4.14. The first-order valence-electron chi connectivity index (χ1n) is 5.88. The van der Waals surface area contributed by atoms with Crippen LogP contribution >= 0.6 is 15.9 Å². The fourth-order valence-electron chi connectivity index (χ4n) is 2.04. The summed E-state index contributed by atoms with van der Waals surface area (Å²) in [5.74, 6) is 0. The second kappa shape index (κ2) is 5.63. The molecule has 18 heavy (non-hydrogen) atoms. The molecule has 5 heteroatoms. The number of nitrogens with zero attached hydrogens (tertiary/aromatic N) is 3. The van der Waals surface area contributed by atoms with Gasteiger partial charge in [0, 0.05) is 34.7 Å². The zero-order valence-electron chi connectivity index (χ0n) is 10.9. The molecule has 0 bridgehead atoms. The molecule has 0 saturated heterocycles. The summed E-state index contributed by atoms with van der Waals surface area (Å²) in [6.45, 7) is 5.77. The number of rotatable bonds is 4. The smallest absolute Gasteiger partial charge is 0.0678 e. The van der Waals surface area contributed by atoms with Gasteiger partial charge in [0.15, 0.2) is 0 Å². The third-order valence-electron chi connectivity index (χ3n) is 2.98. The molecule has 0 aliphatic rings. The molecule has 0 unspecified atom stereocenters. The van der Waals surface area contributed by atoms with Gasteiger partial charge in [0.2, 0.25) is 0 Å². The van der Waals surface area contributed by atoms with Gasteiger partial charge < -0.3 is 5.32 Å². The zero-order valence-corrected chi connectivity index (χ0v) is 12.5. The highest BCUT2D eigenvalue weighted by atomic mass is 79.9. The molecule has 2 rings (SSSR count).